The number of hydrogen-bond acceptors (Lipinski definition) is 3. The molecular weight excluding hydrogens is 517 g/mol. The van der Waals surface area contributed by atoms with E-state index in [1.165, 1.54) is 6.07 Å². The summed E-state index contributed by atoms with van der Waals surface area (Å²) in [4.78, 5) is 18.8. The fraction of sp³-hybridized carbons (Fsp3) is 0.500. The molecule has 198 valence electrons. The van der Waals surface area contributed by atoms with Crippen LogP contribution in [-0.2, 0) is 17.5 Å². The molecule has 4 nitrogen and oxygen atoms in total. The van der Waals surface area contributed by atoms with Crippen LogP contribution in [0.25, 0.3) is 0 Å². The van der Waals surface area contributed by atoms with E-state index in [1.807, 2.05) is 37.0 Å². The van der Waals surface area contributed by atoms with Gasteiger partial charge in [0.05, 0.1) is 15.6 Å². The van der Waals surface area contributed by atoms with E-state index in [1.54, 1.807) is 12.1 Å². The standard InChI is InChI=1S/C26H31Cl2F4N3O/c1-33(2)11-5-4-6-25(36)35-15-19(18-8-10-21(27)22(28)13-18)24(16-35)34(3)14-17-7-9-20(23(29)12-17)26(30,31)32/h7-10,12-13,19,24H,4-6,11,14-16H2,1-3H3/t19-,24-/m1/s1. The van der Waals surface area contributed by atoms with Gasteiger partial charge in [-0.25, -0.2) is 4.39 Å². The van der Waals surface area contributed by atoms with Gasteiger partial charge in [-0.1, -0.05) is 35.3 Å². The Bertz CT molecular complexity index is 1060. The lowest BCUT2D eigenvalue weighted by molar-refractivity contribution is -0.140. The molecule has 1 aliphatic rings. The van der Waals surface area contributed by atoms with Gasteiger partial charge in [-0.15, -0.1) is 0 Å². The lowest BCUT2D eigenvalue weighted by Gasteiger charge is -2.29. The highest BCUT2D eigenvalue weighted by Crippen LogP contribution is 2.36. The van der Waals surface area contributed by atoms with Crippen LogP contribution in [0.2, 0.25) is 10.0 Å². The summed E-state index contributed by atoms with van der Waals surface area (Å²) >= 11 is 12.4. The van der Waals surface area contributed by atoms with Gasteiger partial charge in [0.25, 0.3) is 0 Å². The van der Waals surface area contributed by atoms with Crippen LogP contribution in [-0.4, -0.2) is 67.4 Å². The van der Waals surface area contributed by atoms with Gasteiger partial charge in [-0.05, 0) is 75.9 Å². The molecule has 2 aromatic carbocycles. The predicted molar refractivity (Wildman–Crippen MR) is 135 cm³/mol. The Morgan fingerprint density at radius 1 is 1.03 bits per heavy atom. The summed E-state index contributed by atoms with van der Waals surface area (Å²) in [5, 5.41) is 0.839. The van der Waals surface area contributed by atoms with E-state index in [0.717, 1.165) is 37.1 Å². The van der Waals surface area contributed by atoms with Gasteiger partial charge in [0.15, 0.2) is 0 Å². The largest absolute Gasteiger partial charge is 0.419 e. The van der Waals surface area contributed by atoms with Crippen LogP contribution in [0.15, 0.2) is 36.4 Å². The van der Waals surface area contributed by atoms with Crippen molar-refractivity contribution in [3.8, 4) is 0 Å². The van der Waals surface area contributed by atoms with Gasteiger partial charge in [0, 0.05) is 38.0 Å². The monoisotopic (exact) mass is 547 g/mol. The molecule has 2 atom stereocenters. The van der Waals surface area contributed by atoms with E-state index in [4.69, 9.17) is 23.2 Å². The summed E-state index contributed by atoms with van der Waals surface area (Å²) in [6.45, 7) is 2.08. The highest BCUT2D eigenvalue weighted by molar-refractivity contribution is 6.42. The second-order valence-corrected chi connectivity index (χ2v) is 10.4. The fourth-order valence-corrected chi connectivity index (χ4v) is 4.97. The quantitative estimate of drug-likeness (QED) is 0.272. The number of likely N-dealkylation sites (tertiary alicyclic amines) is 1. The molecule has 1 amide bonds. The van der Waals surface area contributed by atoms with Crippen molar-refractivity contribution in [3.63, 3.8) is 0 Å². The average Bonchev–Trinajstić information content (AvgIpc) is 3.23. The molecule has 1 aliphatic heterocycles. The number of amides is 1. The number of nitrogens with zero attached hydrogens (tertiary/aromatic N) is 3. The first-order valence-electron chi connectivity index (χ1n) is 11.8. The maximum absolute atomic E-state index is 14.1. The van der Waals surface area contributed by atoms with Crippen molar-refractivity contribution in [1.82, 2.24) is 14.7 Å². The number of hydrogen-bond donors (Lipinski definition) is 0. The maximum Gasteiger partial charge on any atom is 0.419 e. The second kappa shape index (κ2) is 12.1. The van der Waals surface area contributed by atoms with E-state index in [2.05, 4.69) is 4.90 Å². The second-order valence-electron chi connectivity index (χ2n) is 9.63. The minimum absolute atomic E-state index is 0.0651. The van der Waals surface area contributed by atoms with Gasteiger partial charge in [0.2, 0.25) is 5.91 Å². The van der Waals surface area contributed by atoms with E-state index in [9.17, 15) is 22.4 Å². The number of carbonyl (C=O) groups excluding carboxylic acids is 1. The first-order valence-corrected chi connectivity index (χ1v) is 12.6. The van der Waals surface area contributed by atoms with Crippen LogP contribution in [0, 0.1) is 5.82 Å². The lowest BCUT2D eigenvalue weighted by atomic mass is 9.93. The number of halogens is 6. The summed E-state index contributed by atoms with van der Waals surface area (Å²) in [6.07, 6.45) is -2.59. The summed E-state index contributed by atoms with van der Waals surface area (Å²) in [6, 6.07) is 8.23. The van der Waals surface area contributed by atoms with Gasteiger partial charge in [-0.3, -0.25) is 9.69 Å². The lowest BCUT2D eigenvalue weighted by Crippen LogP contribution is -2.38. The molecule has 0 saturated carbocycles. The van der Waals surface area contributed by atoms with Gasteiger partial charge in [0.1, 0.15) is 5.82 Å². The first-order chi connectivity index (χ1) is 16.9. The maximum atomic E-state index is 14.1. The third-order valence-corrected chi connectivity index (χ3v) is 7.34. The molecule has 0 bridgehead atoms. The van der Waals surface area contributed by atoms with Crippen LogP contribution >= 0.6 is 23.2 Å². The number of likely N-dealkylation sites (N-methyl/N-ethyl adjacent to an activating group) is 1. The number of benzene rings is 2. The van der Waals surface area contributed by atoms with Crippen LogP contribution in [0.1, 0.15) is 41.9 Å². The zero-order valence-electron chi connectivity index (χ0n) is 20.6. The summed E-state index contributed by atoms with van der Waals surface area (Å²) in [5.41, 5.74) is 0.0570. The highest BCUT2D eigenvalue weighted by atomic mass is 35.5. The Labute approximate surface area is 219 Å². The molecular formula is C26H31Cl2F4N3O. The number of rotatable bonds is 9. The Balaban J connectivity index is 1.77. The smallest absolute Gasteiger partial charge is 0.340 e. The molecule has 36 heavy (non-hydrogen) atoms. The third kappa shape index (κ3) is 7.34. The van der Waals surface area contributed by atoms with Crippen LogP contribution < -0.4 is 0 Å². The van der Waals surface area contributed by atoms with Gasteiger partial charge < -0.3 is 9.80 Å². The van der Waals surface area contributed by atoms with Crippen molar-refractivity contribution in [3.05, 3.63) is 69.0 Å². The first kappa shape index (κ1) is 28.7. The Morgan fingerprint density at radius 2 is 1.75 bits per heavy atom. The Hall–Kier alpha value is -1.87. The molecule has 1 fully saturated rings. The van der Waals surface area contributed by atoms with E-state index >= 15 is 0 Å². The number of alkyl halides is 3. The Morgan fingerprint density at radius 3 is 2.36 bits per heavy atom. The molecule has 1 saturated heterocycles. The van der Waals surface area contributed by atoms with Crippen molar-refractivity contribution in [2.45, 2.75) is 43.9 Å². The fourth-order valence-electron chi connectivity index (χ4n) is 4.66. The molecule has 1 heterocycles. The molecule has 0 aliphatic carbocycles. The summed E-state index contributed by atoms with van der Waals surface area (Å²) in [7, 11) is 5.82. The third-order valence-electron chi connectivity index (χ3n) is 6.60. The zero-order valence-corrected chi connectivity index (χ0v) is 22.1. The molecule has 0 unspecified atom stereocenters. The molecule has 2 aromatic rings. The molecule has 0 aromatic heterocycles. The Kier molecular flexibility index (Phi) is 9.66. The molecule has 0 radical (unpaired) electrons. The molecule has 0 N–H and O–H groups in total. The zero-order chi connectivity index (χ0) is 26.6. The van der Waals surface area contributed by atoms with Crippen LogP contribution in [0.4, 0.5) is 17.6 Å². The van der Waals surface area contributed by atoms with Crippen molar-refractivity contribution in [2.75, 3.05) is 40.8 Å². The van der Waals surface area contributed by atoms with Crippen molar-refractivity contribution in [1.29, 1.82) is 0 Å². The molecule has 0 spiro atoms. The topological polar surface area (TPSA) is 26.8 Å². The normalized spacial score (nSPS) is 18.5. The van der Waals surface area contributed by atoms with Crippen LogP contribution in [0.5, 0.6) is 0 Å². The van der Waals surface area contributed by atoms with Crippen LogP contribution in [0.3, 0.4) is 0 Å². The predicted octanol–water partition coefficient (Wildman–Crippen LogP) is 6.31. The minimum Gasteiger partial charge on any atom is -0.340 e. The van der Waals surface area contributed by atoms with E-state index < -0.39 is 17.6 Å². The number of unbranched alkanes of at least 4 members (excludes halogenated alkanes) is 1. The average molecular weight is 548 g/mol. The van der Waals surface area contributed by atoms with E-state index in [-0.39, 0.29) is 24.4 Å². The minimum atomic E-state index is -4.74. The summed E-state index contributed by atoms with van der Waals surface area (Å²) < 4.78 is 53.0. The van der Waals surface area contributed by atoms with Crippen molar-refractivity contribution in [2.24, 2.45) is 0 Å². The van der Waals surface area contributed by atoms with Crippen molar-refractivity contribution >= 4 is 29.1 Å². The van der Waals surface area contributed by atoms with Gasteiger partial charge in [-0.2, -0.15) is 13.2 Å². The molecule has 10 heteroatoms. The molecule has 3 rings (SSSR count). The van der Waals surface area contributed by atoms with E-state index in [0.29, 0.717) is 35.1 Å². The van der Waals surface area contributed by atoms with Crippen molar-refractivity contribution < 1.29 is 22.4 Å². The van der Waals surface area contributed by atoms with Gasteiger partial charge >= 0.3 is 6.18 Å². The highest BCUT2D eigenvalue weighted by Gasteiger charge is 2.39. The SMILES string of the molecule is CN(C)CCCCC(=O)N1C[C@H](c2ccc(Cl)c(Cl)c2)[C@H](N(C)Cc2ccc(C(F)(F)F)c(F)c2)C1. The number of carbonyl (C=O) groups is 1. The summed E-state index contributed by atoms with van der Waals surface area (Å²) in [5.74, 6) is -1.32.